The molecule has 4 heterocycles. The lowest BCUT2D eigenvalue weighted by atomic mass is 9.97. The minimum Gasteiger partial charge on any atom is -0.465 e. The van der Waals surface area contributed by atoms with Crippen molar-refractivity contribution in [1.29, 1.82) is 0 Å². The van der Waals surface area contributed by atoms with Gasteiger partial charge in [0.2, 0.25) is 11.9 Å². The van der Waals surface area contributed by atoms with Gasteiger partial charge in [0.1, 0.15) is 11.5 Å². The standard InChI is InChI=1S/C19H20F3N5O2/c1-12-4-6-15(29-12)9-23-17(28)13-3-2-8-26(10-13)18-25-24-16-7-5-14(11-27(16)18)19(20,21)22/h4-7,11,13H,2-3,8-10H2,1H3,(H,23,28). The Hall–Kier alpha value is -3.04. The van der Waals surface area contributed by atoms with Crippen molar-refractivity contribution < 1.29 is 22.4 Å². The van der Waals surface area contributed by atoms with Crippen LogP contribution in [0.5, 0.6) is 0 Å². The molecule has 7 nitrogen and oxygen atoms in total. The maximum atomic E-state index is 13.1. The summed E-state index contributed by atoms with van der Waals surface area (Å²) < 4.78 is 46.0. The Kier molecular flexibility index (Phi) is 4.93. The zero-order valence-corrected chi connectivity index (χ0v) is 15.7. The van der Waals surface area contributed by atoms with Crippen LogP contribution in [-0.4, -0.2) is 33.6 Å². The fourth-order valence-corrected chi connectivity index (χ4v) is 3.53. The number of anilines is 1. The molecule has 29 heavy (non-hydrogen) atoms. The Morgan fingerprint density at radius 3 is 2.83 bits per heavy atom. The summed E-state index contributed by atoms with van der Waals surface area (Å²) in [6, 6.07) is 5.91. The summed E-state index contributed by atoms with van der Waals surface area (Å²) in [6.07, 6.45) is -2.03. The molecule has 3 aromatic heterocycles. The molecule has 1 amide bonds. The van der Waals surface area contributed by atoms with E-state index in [4.69, 9.17) is 4.42 Å². The smallest absolute Gasteiger partial charge is 0.417 e. The molecule has 1 aliphatic rings. The number of carbonyl (C=O) groups excluding carboxylic acids is 1. The molecule has 1 N–H and O–H groups in total. The molecule has 0 aromatic carbocycles. The normalized spacial score (nSPS) is 17.7. The van der Waals surface area contributed by atoms with Crippen LogP contribution in [0.25, 0.3) is 5.65 Å². The van der Waals surface area contributed by atoms with E-state index < -0.39 is 11.7 Å². The van der Waals surface area contributed by atoms with Crippen molar-refractivity contribution in [3.05, 3.63) is 47.5 Å². The fourth-order valence-electron chi connectivity index (χ4n) is 3.53. The topological polar surface area (TPSA) is 75.7 Å². The monoisotopic (exact) mass is 407 g/mol. The second-order valence-corrected chi connectivity index (χ2v) is 7.16. The lowest BCUT2D eigenvalue weighted by Crippen LogP contribution is -2.43. The van der Waals surface area contributed by atoms with Gasteiger partial charge in [0.15, 0.2) is 5.65 Å². The van der Waals surface area contributed by atoms with Crippen LogP contribution in [0.4, 0.5) is 19.1 Å². The van der Waals surface area contributed by atoms with E-state index in [1.165, 1.54) is 10.5 Å². The number of aryl methyl sites for hydroxylation is 1. The molecule has 0 aliphatic carbocycles. The summed E-state index contributed by atoms with van der Waals surface area (Å²) in [5, 5.41) is 10.9. The number of carbonyl (C=O) groups is 1. The SMILES string of the molecule is Cc1ccc(CNC(=O)C2CCCN(c3nnc4ccc(C(F)(F)F)cn34)C2)o1. The van der Waals surface area contributed by atoms with E-state index in [9.17, 15) is 18.0 Å². The summed E-state index contributed by atoms with van der Waals surface area (Å²) in [5.41, 5.74) is -0.446. The molecule has 1 aliphatic heterocycles. The molecule has 154 valence electrons. The van der Waals surface area contributed by atoms with Gasteiger partial charge in [0, 0.05) is 19.3 Å². The van der Waals surface area contributed by atoms with Crippen LogP contribution in [0.2, 0.25) is 0 Å². The van der Waals surface area contributed by atoms with E-state index in [0.29, 0.717) is 43.4 Å². The number of hydrogen-bond acceptors (Lipinski definition) is 5. The highest BCUT2D eigenvalue weighted by atomic mass is 19.4. The number of pyridine rings is 1. The predicted octanol–water partition coefficient (Wildman–Crippen LogP) is 3.18. The third kappa shape index (κ3) is 4.06. The van der Waals surface area contributed by atoms with Gasteiger partial charge in [-0.15, -0.1) is 10.2 Å². The molecule has 1 saturated heterocycles. The van der Waals surface area contributed by atoms with E-state index in [1.54, 1.807) is 0 Å². The second-order valence-electron chi connectivity index (χ2n) is 7.16. The molecular weight excluding hydrogens is 387 g/mol. The van der Waals surface area contributed by atoms with Crippen LogP contribution >= 0.6 is 0 Å². The molecule has 1 atom stereocenters. The van der Waals surface area contributed by atoms with E-state index in [-0.39, 0.29) is 11.8 Å². The zero-order chi connectivity index (χ0) is 20.6. The third-order valence-corrected chi connectivity index (χ3v) is 5.02. The summed E-state index contributed by atoms with van der Waals surface area (Å²) >= 11 is 0. The zero-order valence-electron chi connectivity index (χ0n) is 15.7. The van der Waals surface area contributed by atoms with Crippen molar-refractivity contribution in [2.75, 3.05) is 18.0 Å². The van der Waals surface area contributed by atoms with Gasteiger partial charge in [-0.2, -0.15) is 13.2 Å². The first-order valence-corrected chi connectivity index (χ1v) is 9.31. The van der Waals surface area contributed by atoms with E-state index in [1.807, 2.05) is 24.0 Å². The molecule has 10 heteroatoms. The predicted molar refractivity (Wildman–Crippen MR) is 98.2 cm³/mol. The maximum Gasteiger partial charge on any atom is 0.417 e. The Bertz CT molecular complexity index is 1030. The number of fused-ring (bicyclic) bond motifs is 1. The van der Waals surface area contributed by atoms with E-state index >= 15 is 0 Å². The maximum absolute atomic E-state index is 13.1. The lowest BCUT2D eigenvalue weighted by molar-refractivity contribution is -0.137. The number of halogens is 3. The van der Waals surface area contributed by atoms with Gasteiger partial charge < -0.3 is 14.6 Å². The highest BCUT2D eigenvalue weighted by Gasteiger charge is 2.32. The molecule has 1 unspecified atom stereocenters. The highest BCUT2D eigenvalue weighted by molar-refractivity contribution is 5.79. The van der Waals surface area contributed by atoms with Gasteiger partial charge in [-0.05, 0) is 44.0 Å². The van der Waals surface area contributed by atoms with Crippen molar-refractivity contribution >= 4 is 17.5 Å². The number of alkyl halides is 3. The van der Waals surface area contributed by atoms with Crippen molar-refractivity contribution in [1.82, 2.24) is 19.9 Å². The number of amides is 1. The minimum absolute atomic E-state index is 0.117. The molecule has 4 rings (SSSR count). The first kappa shape index (κ1) is 19.3. The van der Waals surface area contributed by atoms with Crippen LogP contribution in [-0.2, 0) is 17.5 Å². The quantitative estimate of drug-likeness (QED) is 0.719. The summed E-state index contributed by atoms with van der Waals surface area (Å²) in [5.74, 6) is 1.35. The lowest BCUT2D eigenvalue weighted by Gasteiger charge is -2.32. The van der Waals surface area contributed by atoms with Gasteiger partial charge >= 0.3 is 6.18 Å². The summed E-state index contributed by atoms with van der Waals surface area (Å²) in [4.78, 5) is 14.4. The number of nitrogens with zero attached hydrogens (tertiary/aromatic N) is 4. The van der Waals surface area contributed by atoms with Crippen molar-refractivity contribution in [3.63, 3.8) is 0 Å². The molecule has 0 spiro atoms. The van der Waals surface area contributed by atoms with Gasteiger partial charge in [0.25, 0.3) is 0 Å². The molecule has 0 bridgehead atoms. The molecule has 0 radical (unpaired) electrons. The number of rotatable bonds is 4. The van der Waals surface area contributed by atoms with Crippen molar-refractivity contribution in [2.24, 2.45) is 5.92 Å². The molecular formula is C19H20F3N5O2. The van der Waals surface area contributed by atoms with E-state index in [0.717, 1.165) is 24.4 Å². The van der Waals surface area contributed by atoms with Crippen LogP contribution in [0.3, 0.4) is 0 Å². The Labute approximate surface area is 164 Å². The summed E-state index contributed by atoms with van der Waals surface area (Å²) in [7, 11) is 0. The largest absolute Gasteiger partial charge is 0.465 e. The fraction of sp³-hybridized carbons (Fsp3) is 0.421. The number of nitrogens with one attached hydrogen (secondary N) is 1. The van der Waals surface area contributed by atoms with Gasteiger partial charge in [-0.3, -0.25) is 9.20 Å². The van der Waals surface area contributed by atoms with E-state index in [2.05, 4.69) is 15.5 Å². The Morgan fingerprint density at radius 1 is 1.28 bits per heavy atom. The van der Waals surface area contributed by atoms with Crippen LogP contribution in [0, 0.1) is 12.8 Å². The van der Waals surface area contributed by atoms with Gasteiger partial charge in [-0.1, -0.05) is 0 Å². The Balaban J connectivity index is 1.48. The van der Waals surface area contributed by atoms with Crippen LogP contribution in [0.15, 0.2) is 34.9 Å². The first-order chi connectivity index (χ1) is 13.8. The second kappa shape index (κ2) is 7.41. The molecule has 1 fully saturated rings. The number of furan rings is 1. The Morgan fingerprint density at radius 2 is 2.10 bits per heavy atom. The van der Waals surface area contributed by atoms with Crippen LogP contribution in [0.1, 0.15) is 29.9 Å². The van der Waals surface area contributed by atoms with Gasteiger partial charge in [-0.25, -0.2) is 0 Å². The van der Waals surface area contributed by atoms with Crippen molar-refractivity contribution in [2.45, 2.75) is 32.5 Å². The van der Waals surface area contributed by atoms with Crippen LogP contribution < -0.4 is 10.2 Å². The summed E-state index contributed by atoms with van der Waals surface area (Å²) in [6.45, 7) is 3.08. The minimum atomic E-state index is -4.45. The van der Waals surface area contributed by atoms with Crippen molar-refractivity contribution in [3.8, 4) is 0 Å². The number of aromatic nitrogens is 3. The first-order valence-electron chi connectivity index (χ1n) is 9.31. The highest BCUT2D eigenvalue weighted by Crippen LogP contribution is 2.30. The van der Waals surface area contributed by atoms with Gasteiger partial charge in [0.05, 0.1) is 18.0 Å². The average molecular weight is 407 g/mol. The third-order valence-electron chi connectivity index (χ3n) is 5.02. The number of hydrogen-bond donors (Lipinski definition) is 1. The average Bonchev–Trinajstić information content (AvgIpc) is 3.31. The molecule has 3 aromatic rings. The molecule has 0 saturated carbocycles. The number of piperidine rings is 1.